The molecule has 1 N–H and O–H groups in total. The summed E-state index contributed by atoms with van der Waals surface area (Å²) < 4.78 is 25.8. The lowest BCUT2D eigenvalue weighted by Crippen LogP contribution is -2.17. The van der Waals surface area contributed by atoms with Gasteiger partial charge in [0.2, 0.25) is 6.79 Å². The number of aromatic nitrogens is 1. The molecule has 0 unspecified atom stereocenters. The fraction of sp³-hybridized carbons (Fsp3) is 0.0833. The normalized spacial score (nSPS) is 12.5. The molecule has 0 radical (unpaired) electrons. The van der Waals surface area contributed by atoms with E-state index >= 15 is 0 Å². The first-order valence-electron chi connectivity index (χ1n) is 9.73. The van der Waals surface area contributed by atoms with E-state index in [0.29, 0.717) is 23.6 Å². The number of nitrogens with zero attached hydrogens (tertiary/aromatic N) is 2. The summed E-state index contributed by atoms with van der Waals surface area (Å²) in [7, 11) is 0. The van der Waals surface area contributed by atoms with Crippen LogP contribution in [-0.4, -0.2) is 23.5 Å². The number of nitrogens with one attached hydrogen (secondary N) is 1. The fourth-order valence-corrected chi connectivity index (χ4v) is 3.56. The Balaban J connectivity index is 1.35. The van der Waals surface area contributed by atoms with Crippen molar-refractivity contribution < 1.29 is 18.7 Å². The molecule has 0 aliphatic carbocycles. The molecular formula is C24H18FN3O3. The van der Waals surface area contributed by atoms with E-state index in [1.165, 1.54) is 12.1 Å². The maximum absolute atomic E-state index is 13.2. The Morgan fingerprint density at radius 2 is 1.87 bits per heavy atom. The molecule has 1 aliphatic heterocycles. The Morgan fingerprint density at radius 1 is 1.06 bits per heavy atom. The van der Waals surface area contributed by atoms with Gasteiger partial charge in [0.25, 0.3) is 5.91 Å². The number of hydrogen-bond acceptors (Lipinski definition) is 4. The van der Waals surface area contributed by atoms with Crippen LogP contribution < -0.4 is 14.9 Å². The predicted octanol–water partition coefficient (Wildman–Crippen LogP) is 4.32. The number of rotatable bonds is 5. The Bertz CT molecular complexity index is 1300. The molecule has 4 aromatic rings. The highest BCUT2D eigenvalue weighted by Gasteiger charge is 2.16. The third-order valence-electron chi connectivity index (χ3n) is 5.09. The largest absolute Gasteiger partial charge is 0.454 e. The second-order valence-corrected chi connectivity index (χ2v) is 7.12. The van der Waals surface area contributed by atoms with Crippen molar-refractivity contribution in [2.75, 3.05) is 6.79 Å². The van der Waals surface area contributed by atoms with E-state index in [1.807, 2.05) is 30.5 Å². The Labute approximate surface area is 177 Å². The highest BCUT2D eigenvalue weighted by molar-refractivity contribution is 6.00. The first kappa shape index (κ1) is 18.9. The van der Waals surface area contributed by atoms with Gasteiger partial charge in [0.15, 0.2) is 11.5 Å². The van der Waals surface area contributed by atoms with Crippen LogP contribution in [0, 0.1) is 5.82 Å². The van der Waals surface area contributed by atoms with Crippen LogP contribution in [0.2, 0.25) is 0 Å². The van der Waals surface area contributed by atoms with Gasteiger partial charge in [0.1, 0.15) is 5.82 Å². The molecule has 1 aromatic heterocycles. The average Bonchev–Trinajstić information content (AvgIpc) is 3.40. The summed E-state index contributed by atoms with van der Waals surface area (Å²) in [6, 6.07) is 19.4. The topological polar surface area (TPSA) is 64.9 Å². The van der Waals surface area contributed by atoms with Crippen LogP contribution in [-0.2, 0) is 6.54 Å². The third kappa shape index (κ3) is 3.85. The van der Waals surface area contributed by atoms with Crippen molar-refractivity contribution in [2.45, 2.75) is 6.54 Å². The van der Waals surface area contributed by atoms with Crippen LogP contribution in [0.3, 0.4) is 0 Å². The maximum atomic E-state index is 13.2. The van der Waals surface area contributed by atoms with Gasteiger partial charge in [0.05, 0.1) is 6.21 Å². The molecule has 0 saturated carbocycles. The lowest BCUT2D eigenvalue weighted by atomic mass is 10.2. The minimum atomic E-state index is -0.343. The summed E-state index contributed by atoms with van der Waals surface area (Å²) in [5.74, 6) is 0.561. The number of benzene rings is 3. The van der Waals surface area contributed by atoms with Crippen LogP contribution in [0.4, 0.5) is 4.39 Å². The highest BCUT2D eigenvalue weighted by atomic mass is 19.1. The minimum absolute atomic E-state index is 0.153. The zero-order chi connectivity index (χ0) is 21.2. The van der Waals surface area contributed by atoms with Crippen molar-refractivity contribution >= 4 is 23.0 Å². The quantitative estimate of drug-likeness (QED) is 0.390. The monoisotopic (exact) mass is 415 g/mol. The average molecular weight is 415 g/mol. The maximum Gasteiger partial charge on any atom is 0.271 e. The first-order chi connectivity index (χ1) is 15.2. The van der Waals surface area contributed by atoms with E-state index in [9.17, 15) is 9.18 Å². The van der Waals surface area contributed by atoms with E-state index in [1.54, 1.807) is 36.5 Å². The van der Waals surface area contributed by atoms with Crippen molar-refractivity contribution in [3.63, 3.8) is 0 Å². The Hall–Kier alpha value is -4.13. The van der Waals surface area contributed by atoms with E-state index in [2.05, 4.69) is 15.1 Å². The smallest absolute Gasteiger partial charge is 0.271 e. The molecule has 3 aromatic carbocycles. The number of carbonyl (C=O) groups excluding carboxylic acids is 1. The number of amides is 1. The minimum Gasteiger partial charge on any atom is -0.454 e. The molecule has 31 heavy (non-hydrogen) atoms. The molecule has 7 heteroatoms. The van der Waals surface area contributed by atoms with E-state index in [0.717, 1.165) is 22.0 Å². The van der Waals surface area contributed by atoms with Gasteiger partial charge in [-0.05, 0) is 42.0 Å². The van der Waals surface area contributed by atoms with E-state index in [-0.39, 0.29) is 18.5 Å². The van der Waals surface area contributed by atoms with E-state index < -0.39 is 0 Å². The standard InChI is InChI=1S/C24H18FN3O3/c25-19-8-5-16(6-9-19)13-28-14-18(20-3-1-2-4-21(20)28)12-26-27-24(29)17-7-10-22-23(11-17)31-15-30-22/h1-12,14H,13,15H2,(H,27,29). The molecule has 2 heterocycles. The van der Waals surface area contributed by atoms with Gasteiger partial charge in [-0.1, -0.05) is 30.3 Å². The number of halogens is 1. The van der Waals surface area contributed by atoms with Crippen molar-refractivity contribution in [1.29, 1.82) is 0 Å². The molecule has 154 valence electrons. The lowest BCUT2D eigenvalue weighted by Gasteiger charge is -2.05. The first-order valence-corrected chi connectivity index (χ1v) is 9.73. The number of hydrogen-bond donors (Lipinski definition) is 1. The Kier molecular flexibility index (Phi) is 4.84. The van der Waals surface area contributed by atoms with Crippen LogP contribution in [0.25, 0.3) is 10.9 Å². The number of fused-ring (bicyclic) bond motifs is 2. The van der Waals surface area contributed by atoms with Gasteiger partial charge in [-0.3, -0.25) is 4.79 Å². The molecule has 6 nitrogen and oxygen atoms in total. The molecule has 1 aliphatic rings. The number of hydrazone groups is 1. The zero-order valence-electron chi connectivity index (χ0n) is 16.4. The fourth-order valence-electron chi connectivity index (χ4n) is 3.56. The summed E-state index contributed by atoms with van der Waals surface area (Å²) in [4.78, 5) is 12.4. The van der Waals surface area contributed by atoms with Crippen LogP contribution in [0.15, 0.2) is 78.0 Å². The van der Waals surface area contributed by atoms with Crippen LogP contribution >= 0.6 is 0 Å². The summed E-state index contributed by atoms with van der Waals surface area (Å²) in [5.41, 5.74) is 5.86. The van der Waals surface area contributed by atoms with Gasteiger partial charge in [0, 0.05) is 34.8 Å². The van der Waals surface area contributed by atoms with Crippen molar-refractivity contribution in [3.05, 3.63) is 95.4 Å². The van der Waals surface area contributed by atoms with Crippen molar-refractivity contribution in [2.24, 2.45) is 5.10 Å². The number of carbonyl (C=O) groups is 1. The number of ether oxygens (including phenoxy) is 2. The van der Waals surface area contributed by atoms with Crippen LogP contribution in [0.5, 0.6) is 11.5 Å². The summed E-state index contributed by atoms with van der Waals surface area (Å²) in [5, 5.41) is 5.14. The highest BCUT2D eigenvalue weighted by Crippen LogP contribution is 2.32. The van der Waals surface area contributed by atoms with Gasteiger partial charge in [-0.2, -0.15) is 5.10 Å². The molecule has 0 bridgehead atoms. The second kappa shape index (κ2) is 7.95. The van der Waals surface area contributed by atoms with Crippen LogP contribution in [0.1, 0.15) is 21.5 Å². The van der Waals surface area contributed by atoms with E-state index in [4.69, 9.17) is 9.47 Å². The molecule has 0 atom stereocenters. The van der Waals surface area contributed by atoms with Gasteiger partial charge in [-0.25, -0.2) is 9.82 Å². The molecule has 0 saturated heterocycles. The molecule has 0 fully saturated rings. The summed E-state index contributed by atoms with van der Waals surface area (Å²) in [6.45, 7) is 0.749. The Morgan fingerprint density at radius 3 is 2.74 bits per heavy atom. The number of para-hydroxylation sites is 1. The van der Waals surface area contributed by atoms with Crippen molar-refractivity contribution in [3.8, 4) is 11.5 Å². The summed E-state index contributed by atoms with van der Waals surface area (Å²) >= 11 is 0. The lowest BCUT2D eigenvalue weighted by molar-refractivity contribution is 0.0954. The third-order valence-corrected chi connectivity index (χ3v) is 5.09. The molecule has 5 rings (SSSR count). The zero-order valence-corrected chi connectivity index (χ0v) is 16.4. The second-order valence-electron chi connectivity index (χ2n) is 7.12. The SMILES string of the molecule is O=C(NN=Cc1cn(Cc2ccc(F)cc2)c2ccccc12)c1ccc2c(c1)OCO2. The molecule has 0 spiro atoms. The summed E-state index contributed by atoms with van der Waals surface area (Å²) in [6.07, 6.45) is 3.58. The van der Waals surface area contributed by atoms with Crippen molar-refractivity contribution in [1.82, 2.24) is 9.99 Å². The van der Waals surface area contributed by atoms with Gasteiger partial charge >= 0.3 is 0 Å². The molecular weight excluding hydrogens is 397 g/mol. The predicted molar refractivity (Wildman–Crippen MR) is 115 cm³/mol. The van der Waals surface area contributed by atoms with Gasteiger partial charge < -0.3 is 14.0 Å². The van der Waals surface area contributed by atoms with Gasteiger partial charge in [-0.15, -0.1) is 0 Å². The molecule has 1 amide bonds.